The number of hydrogen-bond acceptors (Lipinski definition) is 4. The quantitative estimate of drug-likeness (QED) is 0.591. The highest BCUT2D eigenvalue weighted by molar-refractivity contribution is 5.84. The Hall–Kier alpha value is -3.47. The standard InChI is InChI=1S/C24H26N2O3/c1-18(24(27)26(2)17-19-9-5-4-6-10-19)25-20-13-15-21(16-14-20)29-23-12-8-7-11-22(23)28-3/h4-16,18,25H,17H2,1-3H3. The van der Waals surface area contributed by atoms with Crippen LogP contribution in [0.15, 0.2) is 78.9 Å². The molecule has 0 aromatic heterocycles. The van der Waals surface area contributed by atoms with E-state index in [0.29, 0.717) is 23.8 Å². The maximum absolute atomic E-state index is 12.7. The Labute approximate surface area is 171 Å². The van der Waals surface area contributed by atoms with E-state index in [9.17, 15) is 4.79 Å². The van der Waals surface area contributed by atoms with Gasteiger partial charge in [0.25, 0.3) is 0 Å². The molecule has 29 heavy (non-hydrogen) atoms. The fourth-order valence-electron chi connectivity index (χ4n) is 3.03. The molecule has 1 atom stereocenters. The van der Waals surface area contributed by atoms with Gasteiger partial charge in [-0.3, -0.25) is 4.79 Å². The molecule has 3 rings (SSSR count). The molecule has 3 aromatic rings. The zero-order valence-electron chi connectivity index (χ0n) is 17.0. The zero-order chi connectivity index (χ0) is 20.6. The van der Waals surface area contributed by atoms with E-state index in [-0.39, 0.29) is 11.9 Å². The van der Waals surface area contributed by atoms with Crippen LogP contribution >= 0.6 is 0 Å². The van der Waals surface area contributed by atoms with Gasteiger partial charge in [-0.1, -0.05) is 42.5 Å². The molecule has 0 aliphatic rings. The Morgan fingerprint density at radius 3 is 2.21 bits per heavy atom. The highest BCUT2D eigenvalue weighted by Crippen LogP contribution is 2.31. The van der Waals surface area contributed by atoms with Gasteiger partial charge in [0.15, 0.2) is 11.5 Å². The Bertz CT molecular complexity index is 926. The van der Waals surface area contributed by atoms with Gasteiger partial charge in [-0.05, 0) is 48.9 Å². The molecule has 0 bridgehead atoms. The van der Waals surface area contributed by atoms with Crippen molar-refractivity contribution in [2.75, 3.05) is 19.5 Å². The Balaban J connectivity index is 1.58. The minimum absolute atomic E-state index is 0.0307. The van der Waals surface area contributed by atoms with E-state index >= 15 is 0 Å². The fourth-order valence-corrected chi connectivity index (χ4v) is 3.03. The summed E-state index contributed by atoms with van der Waals surface area (Å²) in [6, 6.07) is 24.6. The van der Waals surface area contributed by atoms with Crippen molar-refractivity contribution in [1.82, 2.24) is 4.90 Å². The van der Waals surface area contributed by atoms with Gasteiger partial charge in [0.2, 0.25) is 5.91 Å². The third kappa shape index (κ3) is 5.51. The number of ether oxygens (including phenoxy) is 2. The number of rotatable bonds is 8. The molecule has 0 aliphatic carbocycles. The van der Waals surface area contributed by atoms with Gasteiger partial charge in [-0.25, -0.2) is 0 Å². The minimum Gasteiger partial charge on any atom is -0.493 e. The maximum atomic E-state index is 12.7. The van der Waals surface area contributed by atoms with Crippen molar-refractivity contribution in [2.45, 2.75) is 19.5 Å². The van der Waals surface area contributed by atoms with Crippen LogP contribution in [0.2, 0.25) is 0 Å². The second-order valence-electron chi connectivity index (χ2n) is 6.82. The lowest BCUT2D eigenvalue weighted by molar-refractivity contribution is -0.130. The summed E-state index contributed by atoms with van der Waals surface area (Å²) in [5, 5.41) is 3.25. The number of carbonyl (C=O) groups excluding carboxylic acids is 1. The van der Waals surface area contributed by atoms with Crippen LogP contribution in [0, 0.1) is 0 Å². The number of amides is 1. The summed E-state index contributed by atoms with van der Waals surface area (Å²) in [4.78, 5) is 14.4. The smallest absolute Gasteiger partial charge is 0.244 e. The second kappa shape index (κ2) is 9.64. The molecular weight excluding hydrogens is 364 g/mol. The molecule has 1 amide bonds. The molecule has 1 unspecified atom stereocenters. The van der Waals surface area contributed by atoms with Crippen molar-refractivity contribution in [3.8, 4) is 17.2 Å². The highest BCUT2D eigenvalue weighted by Gasteiger charge is 2.17. The zero-order valence-corrected chi connectivity index (χ0v) is 17.0. The average molecular weight is 390 g/mol. The van der Waals surface area contributed by atoms with E-state index in [1.807, 2.05) is 92.8 Å². The van der Waals surface area contributed by atoms with Crippen LogP contribution in [-0.4, -0.2) is 31.0 Å². The molecule has 5 nitrogen and oxygen atoms in total. The van der Waals surface area contributed by atoms with E-state index in [4.69, 9.17) is 9.47 Å². The SMILES string of the molecule is COc1ccccc1Oc1ccc(NC(C)C(=O)N(C)Cc2ccccc2)cc1. The Kier molecular flexibility index (Phi) is 6.74. The van der Waals surface area contributed by atoms with E-state index in [1.54, 1.807) is 12.0 Å². The topological polar surface area (TPSA) is 50.8 Å². The van der Waals surface area contributed by atoms with Crippen molar-refractivity contribution in [3.05, 3.63) is 84.4 Å². The number of likely N-dealkylation sites (N-methyl/N-ethyl adjacent to an activating group) is 1. The predicted molar refractivity (Wildman–Crippen MR) is 116 cm³/mol. The third-order valence-electron chi connectivity index (χ3n) is 4.54. The normalized spacial score (nSPS) is 11.4. The molecule has 3 aromatic carbocycles. The minimum atomic E-state index is -0.343. The number of hydrogen-bond donors (Lipinski definition) is 1. The molecule has 1 N–H and O–H groups in total. The van der Waals surface area contributed by atoms with Crippen molar-refractivity contribution >= 4 is 11.6 Å². The lowest BCUT2D eigenvalue weighted by Gasteiger charge is -2.23. The van der Waals surface area contributed by atoms with Gasteiger partial charge in [0.1, 0.15) is 11.8 Å². The largest absolute Gasteiger partial charge is 0.493 e. The molecule has 0 fully saturated rings. The number of methoxy groups -OCH3 is 1. The average Bonchev–Trinajstić information content (AvgIpc) is 2.75. The van der Waals surface area contributed by atoms with Crippen LogP contribution < -0.4 is 14.8 Å². The number of benzene rings is 3. The number of nitrogens with one attached hydrogen (secondary N) is 1. The first-order valence-electron chi connectivity index (χ1n) is 9.53. The first-order chi connectivity index (χ1) is 14.1. The molecule has 0 aliphatic heterocycles. The van der Waals surface area contributed by atoms with Crippen LogP contribution in [0.5, 0.6) is 17.2 Å². The number of carbonyl (C=O) groups is 1. The number of para-hydroxylation sites is 2. The van der Waals surface area contributed by atoms with Gasteiger partial charge >= 0.3 is 0 Å². The molecule has 5 heteroatoms. The summed E-state index contributed by atoms with van der Waals surface area (Å²) in [5.41, 5.74) is 1.96. The van der Waals surface area contributed by atoms with Crippen molar-refractivity contribution in [1.29, 1.82) is 0 Å². The second-order valence-corrected chi connectivity index (χ2v) is 6.82. The molecule has 0 radical (unpaired) electrons. The molecular formula is C24H26N2O3. The van der Waals surface area contributed by atoms with E-state index in [1.165, 1.54) is 0 Å². The summed E-state index contributed by atoms with van der Waals surface area (Å²) >= 11 is 0. The molecule has 150 valence electrons. The van der Waals surface area contributed by atoms with Crippen LogP contribution in [-0.2, 0) is 11.3 Å². The number of anilines is 1. The Morgan fingerprint density at radius 2 is 1.55 bits per heavy atom. The highest BCUT2D eigenvalue weighted by atomic mass is 16.5. The van der Waals surface area contributed by atoms with Crippen LogP contribution in [0.3, 0.4) is 0 Å². The Morgan fingerprint density at radius 1 is 0.931 bits per heavy atom. The van der Waals surface area contributed by atoms with Gasteiger partial charge in [-0.15, -0.1) is 0 Å². The summed E-state index contributed by atoms with van der Waals surface area (Å²) in [6.07, 6.45) is 0. The lowest BCUT2D eigenvalue weighted by atomic mass is 10.2. The van der Waals surface area contributed by atoms with E-state index in [2.05, 4.69) is 5.32 Å². The number of nitrogens with zero attached hydrogens (tertiary/aromatic N) is 1. The van der Waals surface area contributed by atoms with Crippen LogP contribution in [0.1, 0.15) is 12.5 Å². The third-order valence-corrected chi connectivity index (χ3v) is 4.54. The molecule has 0 heterocycles. The summed E-state index contributed by atoms with van der Waals surface area (Å²) in [6.45, 7) is 2.44. The van der Waals surface area contributed by atoms with Crippen LogP contribution in [0.4, 0.5) is 5.69 Å². The summed E-state index contributed by atoms with van der Waals surface area (Å²) in [5.74, 6) is 2.06. The van der Waals surface area contributed by atoms with Gasteiger partial charge < -0.3 is 19.7 Å². The van der Waals surface area contributed by atoms with E-state index in [0.717, 1.165) is 11.3 Å². The van der Waals surface area contributed by atoms with Gasteiger partial charge in [0, 0.05) is 19.3 Å². The van der Waals surface area contributed by atoms with Gasteiger partial charge in [0.05, 0.1) is 7.11 Å². The molecule has 0 saturated heterocycles. The van der Waals surface area contributed by atoms with Crippen molar-refractivity contribution in [2.24, 2.45) is 0 Å². The maximum Gasteiger partial charge on any atom is 0.244 e. The molecule has 0 saturated carbocycles. The first-order valence-corrected chi connectivity index (χ1v) is 9.53. The van der Waals surface area contributed by atoms with Gasteiger partial charge in [-0.2, -0.15) is 0 Å². The van der Waals surface area contributed by atoms with Crippen LogP contribution in [0.25, 0.3) is 0 Å². The summed E-state index contributed by atoms with van der Waals surface area (Å²) < 4.78 is 11.2. The fraction of sp³-hybridized carbons (Fsp3) is 0.208. The van der Waals surface area contributed by atoms with Crippen molar-refractivity contribution in [3.63, 3.8) is 0 Å². The lowest BCUT2D eigenvalue weighted by Crippen LogP contribution is -2.38. The summed E-state index contributed by atoms with van der Waals surface area (Å²) in [7, 11) is 3.43. The first kappa shape index (κ1) is 20.3. The monoisotopic (exact) mass is 390 g/mol. The molecule has 0 spiro atoms. The predicted octanol–water partition coefficient (Wildman–Crippen LogP) is 4.95. The van der Waals surface area contributed by atoms with Crippen molar-refractivity contribution < 1.29 is 14.3 Å². The van der Waals surface area contributed by atoms with E-state index < -0.39 is 0 Å².